The molecule has 33 heavy (non-hydrogen) atoms. The van der Waals surface area contributed by atoms with Crippen LogP contribution in [0.15, 0.2) is 51.4 Å². The zero-order valence-electron chi connectivity index (χ0n) is 17.8. The SMILES string of the molecule is COC(=O)c1ccc(N=NC(C(C)=O)C(=O)Nc2ccc3[nH]c(=O)[nH]c3c2)c(C(=O)OC)c1. The van der Waals surface area contributed by atoms with Crippen molar-refractivity contribution in [2.75, 3.05) is 19.5 Å². The topological polar surface area (TPSA) is 172 Å². The highest BCUT2D eigenvalue weighted by atomic mass is 16.5. The Hall–Kier alpha value is -4.61. The lowest BCUT2D eigenvalue weighted by Gasteiger charge is -2.10. The van der Waals surface area contributed by atoms with Crippen molar-refractivity contribution in [3.05, 3.63) is 58.0 Å². The summed E-state index contributed by atoms with van der Waals surface area (Å²) in [6.07, 6.45) is 0. The summed E-state index contributed by atoms with van der Waals surface area (Å²) >= 11 is 0. The zero-order chi connectivity index (χ0) is 24.1. The van der Waals surface area contributed by atoms with E-state index in [1.807, 2.05) is 0 Å². The minimum absolute atomic E-state index is 0.0140. The molecule has 1 amide bonds. The van der Waals surface area contributed by atoms with Gasteiger partial charge in [-0.2, -0.15) is 10.2 Å². The van der Waals surface area contributed by atoms with E-state index in [1.165, 1.54) is 31.4 Å². The van der Waals surface area contributed by atoms with Crippen molar-refractivity contribution in [3.63, 3.8) is 0 Å². The Labute approximate surface area is 186 Å². The predicted molar refractivity (Wildman–Crippen MR) is 116 cm³/mol. The summed E-state index contributed by atoms with van der Waals surface area (Å²) in [4.78, 5) is 65.1. The first-order chi connectivity index (χ1) is 15.7. The average molecular weight is 453 g/mol. The lowest BCUT2D eigenvalue weighted by Crippen LogP contribution is -2.31. The van der Waals surface area contributed by atoms with E-state index < -0.39 is 35.4 Å². The van der Waals surface area contributed by atoms with Gasteiger partial charge in [0.1, 0.15) is 0 Å². The van der Waals surface area contributed by atoms with Crippen LogP contribution in [-0.2, 0) is 19.1 Å². The molecule has 1 aromatic heterocycles. The molecule has 0 aliphatic rings. The molecule has 0 saturated heterocycles. The highest BCUT2D eigenvalue weighted by molar-refractivity contribution is 6.10. The Morgan fingerprint density at radius 2 is 1.64 bits per heavy atom. The Morgan fingerprint density at radius 3 is 2.30 bits per heavy atom. The molecule has 0 bridgehead atoms. The van der Waals surface area contributed by atoms with E-state index >= 15 is 0 Å². The number of imidazole rings is 1. The number of nitrogens with zero attached hydrogens (tertiary/aromatic N) is 2. The van der Waals surface area contributed by atoms with Crippen LogP contribution < -0.4 is 11.0 Å². The number of azo groups is 1. The molecule has 12 heteroatoms. The molecular weight excluding hydrogens is 434 g/mol. The quantitative estimate of drug-likeness (QED) is 0.279. The molecule has 12 nitrogen and oxygen atoms in total. The van der Waals surface area contributed by atoms with Gasteiger partial charge in [0, 0.05) is 5.69 Å². The van der Waals surface area contributed by atoms with Crippen molar-refractivity contribution in [1.29, 1.82) is 0 Å². The van der Waals surface area contributed by atoms with Gasteiger partial charge in [0.05, 0.1) is 42.1 Å². The van der Waals surface area contributed by atoms with E-state index in [0.717, 1.165) is 14.0 Å². The van der Waals surface area contributed by atoms with Gasteiger partial charge in [-0.05, 0) is 43.3 Å². The number of carbonyl (C=O) groups is 4. The number of benzene rings is 2. The Morgan fingerprint density at radius 1 is 0.939 bits per heavy atom. The number of aromatic amines is 2. The minimum atomic E-state index is -1.52. The van der Waals surface area contributed by atoms with Crippen LogP contribution in [0.2, 0.25) is 0 Å². The monoisotopic (exact) mass is 453 g/mol. The third-order valence-electron chi connectivity index (χ3n) is 4.52. The second-order valence-electron chi connectivity index (χ2n) is 6.77. The maximum atomic E-state index is 12.7. The van der Waals surface area contributed by atoms with Crippen molar-refractivity contribution >= 4 is 46.0 Å². The number of methoxy groups -OCH3 is 2. The first-order valence-electron chi connectivity index (χ1n) is 9.48. The molecule has 1 heterocycles. The summed E-state index contributed by atoms with van der Waals surface area (Å²) in [6, 6.07) is 6.99. The van der Waals surface area contributed by atoms with Crippen molar-refractivity contribution < 1.29 is 28.7 Å². The predicted octanol–water partition coefficient (Wildman–Crippen LogP) is 2.11. The normalized spacial score (nSPS) is 11.8. The molecular formula is C21H19N5O7. The number of carbonyl (C=O) groups excluding carboxylic acids is 4. The van der Waals surface area contributed by atoms with Crippen LogP contribution in [0.25, 0.3) is 11.0 Å². The fourth-order valence-corrected chi connectivity index (χ4v) is 2.90. The molecule has 0 fully saturated rings. The fraction of sp³-hybridized carbons (Fsp3) is 0.190. The highest BCUT2D eigenvalue weighted by Crippen LogP contribution is 2.23. The molecule has 1 unspecified atom stereocenters. The number of nitrogens with one attached hydrogen (secondary N) is 3. The summed E-state index contributed by atoms with van der Waals surface area (Å²) in [5, 5.41) is 10.2. The molecule has 3 N–H and O–H groups in total. The third kappa shape index (κ3) is 5.18. The van der Waals surface area contributed by atoms with E-state index in [1.54, 1.807) is 12.1 Å². The smallest absolute Gasteiger partial charge is 0.340 e. The van der Waals surface area contributed by atoms with Crippen LogP contribution in [0.1, 0.15) is 27.6 Å². The van der Waals surface area contributed by atoms with Crippen LogP contribution >= 0.6 is 0 Å². The van der Waals surface area contributed by atoms with E-state index in [9.17, 15) is 24.0 Å². The van der Waals surface area contributed by atoms with Gasteiger partial charge in [-0.3, -0.25) is 9.59 Å². The molecule has 3 aromatic rings. The van der Waals surface area contributed by atoms with Gasteiger partial charge in [0.25, 0.3) is 5.91 Å². The fourth-order valence-electron chi connectivity index (χ4n) is 2.90. The number of anilines is 1. The van der Waals surface area contributed by atoms with Crippen molar-refractivity contribution in [2.45, 2.75) is 13.0 Å². The number of aromatic nitrogens is 2. The summed E-state index contributed by atoms with van der Waals surface area (Å²) in [6.45, 7) is 1.16. The number of H-pyrrole nitrogens is 2. The van der Waals surface area contributed by atoms with Crippen LogP contribution in [0.5, 0.6) is 0 Å². The number of ketones is 1. The molecule has 0 radical (unpaired) electrons. The lowest BCUT2D eigenvalue weighted by atomic mass is 10.1. The second kappa shape index (κ2) is 9.68. The standard InChI is InChI=1S/C21H19N5O7/c1-10(27)17(18(28)22-12-5-7-15-16(9-12)24-21(31)23-15)26-25-14-6-4-11(19(29)32-2)8-13(14)20(30)33-3/h4-9,17H,1-3H3,(H,22,28)(H2,23,24,31). The summed E-state index contributed by atoms with van der Waals surface area (Å²) < 4.78 is 9.32. The molecule has 170 valence electrons. The van der Waals surface area contributed by atoms with Crippen LogP contribution in [-0.4, -0.2) is 53.9 Å². The molecule has 0 spiro atoms. The van der Waals surface area contributed by atoms with Crippen molar-refractivity contribution in [1.82, 2.24) is 9.97 Å². The maximum Gasteiger partial charge on any atom is 0.340 e. The van der Waals surface area contributed by atoms with Gasteiger partial charge < -0.3 is 24.8 Å². The number of hydrogen-bond donors (Lipinski definition) is 3. The molecule has 2 aromatic carbocycles. The molecule has 1 atom stereocenters. The highest BCUT2D eigenvalue weighted by Gasteiger charge is 2.24. The summed E-state index contributed by atoms with van der Waals surface area (Å²) in [7, 11) is 2.34. The van der Waals surface area contributed by atoms with Crippen LogP contribution in [0, 0.1) is 0 Å². The van der Waals surface area contributed by atoms with Crippen LogP contribution in [0.3, 0.4) is 0 Å². The van der Waals surface area contributed by atoms with E-state index in [2.05, 4.69) is 30.3 Å². The van der Waals surface area contributed by atoms with Gasteiger partial charge in [-0.25, -0.2) is 14.4 Å². The minimum Gasteiger partial charge on any atom is -0.465 e. The largest absolute Gasteiger partial charge is 0.465 e. The van der Waals surface area contributed by atoms with Crippen molar-refractivity contribution in [3.8, 4) is 0 Å². The summed E-state index contributed by atoms with van der Waals surface area (Å²) in [5.74, 6) is -2.84. The van der Waals surface area contributed by atoms with Gasteiger partial charge in [0.15, 0.2) is 5.78 Å². The number of amides is 1. The van der Waals surface area contributed by atoms with Crippen molar-refractivity contribution in [2.24, 2.45) is 10.2 Å². The molecule has 0 aliphatic carbocycles. The zero-order valence-corrected chi connectivity index (χ0v) is 17.8. The number of esters is 2. The Balaban J connectivity index is 1.87. The average Bonchev–Trinajstić information content (AvgIpc) is 3.17. The first-order valence-corrected chi connectivity index (χ1v) is 9.48. The number of ether oxygens (including phenoxy) is 2. The van der Waals surface area contributed by atoms with E-state index in [0.29, 0.717) is 16.7 Å². The van der Waals surface area contributed by atoms with Gasteiger partial charge >= 0.3 is 17.6 Å². The second-order valence-corrected chi connectivity index (χ2v) is 6.77. The van der Waals surface area contributed by atoms with E-state index in [4.69, 9.17) is 4.74 Å². The van der Waals surface area contributed by atoms with Gasteiger partial charge in [0.2, 0.25) is 6.04 Å². The summed E-state index contributed by atoms with van der Waals surface area (Å²) in [5.41, 5.74) is 0.897. The number of Topliss-reactive ketones (excluding diaryl/α,β-unsaturated/α-hetero) is 1. The third-order valence-corrected chi connectivity index (χ3v) is 4.52. The first kappa shape index (κ1) is 23.1. The van der Waals surface area contributed by atoms with Gasteiger partial charge in [-0.15, -0.1) is 0 Å². The maximum absolute atomic E-state index is 12.7. The van der Waals surface area contributed by atoms with E-state index in [-0.39, 0.29) is 16.8 Å². The number of fused-ring (bicyclic) bond motifs is 1. The molecule has 0 saturated carbocycles. The lowest BCUT2D eigenvalue weighted by molar-refractivity contribution is -0.126. The molecule has 3 rings (SSSR count). The number of hydrogen-bond acceptors (Lipinski definition) is 9. The Bertz CT molecular complexity index is 1340. The van der Waals surface area contributed by atoms with Crippen LogP contribution in [0.4, 0.5) is 11.4 Å². The van der Waals surface area contributed by atoms with Gasteiger partial charge in [-0.1, -0.05) is 0 Å². The molecule has 0 aliphatic heterocycles. The number of rotatable bonds is 7. The Kier molecular flexibility index (Phi) is 6.77.